The van der Waals surface area contributed by atoms with E-state index in [0.29, 0.717) is 0 Å². The molecule has 3 rings (SSSR count). The lowest BCUT2D eigenvalue weighted by atomic mass is 10.2. The Morgan fingerprint density at radius 2 is 1.82 bits per heavy atom. The Kier molecular flexibility index (Phi) is 6.95. The average Bonchev–Trinajstić information content (AvgIpc) is 3.03. The summed E-state index contributed by atoms with van der Waals surface area (Å²) in [5, 5.41) is 9.04. The predicted molar refractivity (Wildman–Crippen MR) is 102 cm³/mol. The highest BCUT2D eigenvalue weighted by Gasteiger charge is 2.36. The second-order valence-corrected chi connectivity index (χ2v) is 7.15. The second-order valence-electron chi connectivity index (χ2n) is 7.15. The number of carbonyl (C=O) groups excluding carboxylic acids is 1. The summed E-state index contributed by atoms with van der Waals surface area (Å²) in [6.07, 6.45) is -10.4. The molecule has 182 valence electrons. The number of benzene rings is 1. The number of anilines is 1. The Balaban J connectivity index is 1.96. The molecule has 0 radical (unpaired) electrons. The highest BCUT2D eigenvalue weighted by Crippen LogP contribution is 2.36. The monoisotopic (exact) mass is 482 g/mol. The molecule has 0 saturated carbocycles. The summed E-state index contributed by atoms with van der Waals surface area (Å²) in [5.74, 6) is -0.667. The van der Waals surface area contributed by atoms with Gasteiger partial charge in [-0.1, -0.05) is 6.07 Å². The first kappa shape index (κ1) is 24.5. The Morgan fingerprint density at radius 3 is 2.45 bits per heavy atom. The van der Waals surface area contributed by atoms with Crippen LogP contribution in [0.25, 0.3) is 0 Å². The molecule has 2 heterocycles. The van der Waals surface area contributed by atoms with Crippen LogP contribution < -0.4 is 14.4 Å². The number of carbonyl (C=O) groups is 1. The van der Waals surface area contributed by atoms with Crippen molar-refractivity contribution in [2.75, 3.05) is 25.1 Å². The van der Waals surface area contributed by atoms with Gasteiger partial charge in [-0.3, -0.25) is 9.47 Å². The van der Waals surface area contributed by atoms with E-state index in [4.69, 9.17) is 9.84 Å². The number of imidazole rings is 1. The van der Waals surface area contributed by atoms with Crippen molar-refractivity contribution in [3.05, 3.63) is 30.0 Å². The van der Waals surface area contributed by atoms with Gasteiger partial charge in [-0.2, -0.15) is 18.2 Å². The molecule has 2 aromatic rings. The third-order valence-corrected chi connectivity index (χ3v) is 4.69. The van der Waals surface area contributed by atoms with E-state index in [1.54, 1.807) is 0 Å². The number of nitrogens with zero attached hydrogens (tertiary/aromatic N) is 4. The minimum Gasteiger partial charge on any atom is -0.425 e. The fourth-order valence-corrected chi connectivity index (χ4v) is 3.25. The Bertz CT molecular complexity index is 992. The normalized spacial score (nSPS) is 14.5. The van der Waals surface area contributed by atoms with E-state index in [1.807, 2.05) is 0 Å². The van der Waals surface area contributed by atoms with Gasteiger partial charge in [0.25, 0.3) is 0 Å². The van der Waals surface area contributed by atoms with Crippen LogP contribution in [0, 0.1) is 0 Å². The van der Waals surface area contributed by atoms with Crippen LogP contribution in [0.15, 0.2) is 24.3 Å². The third-order valence-electron chi connectivity index (χ3n) is 4.69. The fraction of sp³-hybridized carbons (Fsp3) is 0.474. The van der Waals surface area contributed by atoms with Gasteiger partial charge in [-0.15, -0.1) is 13.2 Å². The molecule has 0 unspecified atom stereocenters. The molecular formula is C19H20F6N4O4. The van der Waals surface area contributed by atoms with Gasteiger partial charge < -0.3 is 19.5 Å². The molecule has 0 atom stereocenters. The zero-order chi connectivity index (χ0) is 24.4. The molecule has 8 nitrogen and oxygen atoms in total. The number of alkyl halides is 6. The SMILES string of the molecule is CN1C(=O)N(CCCO)Cc2c1nc(Oc1cccc(OC(F)(F)F)c1)n2CCC(F)(F)F. The van der Waals surface area contributed by atoms with Crippen molar-refractivity contribution in [3.8, 4) is 17.5 Å². The van der Waals surface area contributed by atoms with Crippen molar-refractivity contribution in [2.24, 2.45) is 0 Å². The van der Waals surface area contributed by atoms with Gasteiger partial charge in [0.1, 0.15) is 11.5 Å². The molecule has 0 saturated heterocycles. The van der Waals surface area contributed by atoms with Gasteiger partial charge >= 0.3 is 24.6 Å². The van der Waals surface area contributed by atoms with Crippen LogP contribution in [0.2, 0.25) is 0 Å². The van der Waals surface area contributed by atoms with Gasteiger partial charge in [-0.25, -0.2) is 4.79 Å². The first-order chi connectivity index (χ1) is 15.4. The number of aliphatic hydroxyl groups excluding tert-OH is 1. The molecule has 1 aliphatic heterocycles. The van der Waals surface area contributed by atoms with Gasteiger partial charge in [0.15, 0.2) is 5.82 Å². The zero-order valence-corrected chi connectivity index (χ0v) is 17.3. The number of fused-ring (bicyclic) bond motifs is 1. The van der Waals surface area contributed by atoms with E-state index in [1.165, 1.54) is 24.1 Å². The smallest absolute Gasteiger partial charge is 0.425 e. The largest absolute Gasteiger partial charge is 0.573 e. The van der Waals surface area contributed by atoms with Gasteiger partial charge in [-0.05, 0) is 18.6 Å². The van der Waals surface area contributed by atoms with Crippen LogP contribution in [0.3, 0.4) is 0 Å². The van der Waals surface area contributed by atoms with E-state index in [0.717, 1.165) is 21.6 Å². The number of aromatic nitrogens is 2. The number of hydrogen-bond acceptors (Lipinski definition) is 5. The van der Waals surface area contributed by atoms with Crippen molar-refractivity contribution < 1.29 is 45.7 Å². The van der Waals surface area contributed by atoms with E-state index in [-0.39, 0.29) is 49.4 Å². The lowest BCUT2D eigenvalue weighted by Crippen LogP contribution is -2.46. The molecular weight excluding hydrogens is 462 g/mol. The summed E-state index contributed by atoms with van der Waals surface area (Å²) < 4.78 is 86.8. The number of rotatable bonds is 8. The topological polar surface area (TPSA) is 80.1 Å². The maximum absolute atomic E-state index is 12.9. The predicted octanol–water partition coefficient (Wildman–Crippen LogP) is 4.28. The fourth-order valence-electron chi connectivity index (χ4n) is 3.25. The summed E-state index contributed by atoms with van der Waals surface area (Å²) in [6, 6.07) is 3.66. The van der Waals surface area contributed by atoms with Crippen LogP contribution >= 0.6 is 0 Å². The van der Waals surface area contributed by atoms with Crippen LogP contribution in [-0.2, 0) is 13.1 Å². The highest BCUT2D eigenvalue weighted by atomic mass is 19.4. The van der Waals surface area contributed by atoms with Crippen molar-refractivity contribution in [2.45, 2.75) is 38.5 Å². The van der Waals surface area contributed by atoms with Crippen LogP contribution in [0.4, 0.5) is 37.0 Å². The first-order valence-electron chi connectivity index (χ1n) is 9.71. The standard InChI is InChI=1S/C19H20F6N4O4/c1-27-15-14(11-28(17(27)31)7-3-9-30)29(8-6-18(20,21)22)16(26-15)32-12-4-2-5-13(10-12)33-19(23,24)25/h2,4-5,10,30H,3,6-9,11H2,1H3. The molecule has 1 aromatic heterocycles. The van der Waals surface area contributed by atoms with E-state index >= 15 is 0 Å². The van der Waals surface area contributed by atoms with E-state index < -0.39 is 37.3 Å². The molecule has 0 bridgehead atoms. The molecule has 1 aliphatic rings. The molecule has 2 amide bonds. The van der Waals surface area contributed by atoms with Crippen molar-refractivity contribution in [3.63, 3.8) is 0 Å². The van der Waals surface area contributed by atoms with Gasteiger partial charge in [0.05, 0.1) is 18.7 Å². The average molecular weight is 482 g/mol. The summed E-state index contributed by atoms with van der Waals surface area (Å²) in [4.78, 5) is 19.2. The molecule has 1 aromatic carbocycles. The van der Waals surface area contributed by atoms with E-state index in [2.05, 4.69) is 9.72 Å². The van der Waals surface area contributed by atoms with Crippen LogP contribution in [-0.4, -0.2) is 58.3 Å². The minimum absolute atomic E-state index is 0.0696. The summed E-state index contributed by atoms with van der Waals surface area (Å²) in [6.45, 7) is -0.686. The van der Waals surface area contributed by atoms with Crippen molar-refractivity contribution in [1.29, 1.82) is 0 Å². The lowest BCUT2D eigenvalue weighted by molar-refractivity contribution is -0.274. The number of urea groups is 1. The van der Waals surface area contributed by atoms with Crippen molar-refractivity contribution >= 4 is 11.8 Å². The van der Waals surface area contributed by atoms with Gasteiger partial charge in [0, 0.05) is 32.8 Å². The Morgan fingerprint density at radius 1 is 1.12 bits per heavy atom. The molecule has 0 spiro atoms. The van der Waals surface area contributed by atoms with Crippen molar-refractivity contribution in [1.82, 2.24) is 14.5 Å². The molecule has 14 heteroatoms. The number of halogens is 6. The van der Waals surface area contributed by atoms with Gasteiger partial charge in [0.2, 0.25) is 0 Å². The number of hydrogen-bond donors (Lipinski definition) is 1. The summed E-state index contributed by atoms with van der Waals surface area (Å²) in [5.41, 5.74) is 0.261. The zero-order valence-electron chi connectivity index (χ0n) is 17.3. The van der Waals surface area contributed by atoms with Crippen LogP contribution in [0.1, 0.15) is 18.5 Å². The first-order valence-corrected chi connectivity index (χ1v) is 9.71. The third kappa shape index (κ3) is 6.21. The number of ether oxygens (including phenoxy) is 2. The van der Waals surface area contributed by atoms with Crippen LogP contribution in [0.5, 0.6) is 17.5 Å². The summed E-state index contributed by atoms with van der Waals surface area (Å²) >= 11 is 0. The molecule has 33 heavy (non-hydrogen) atoms. The lowest BCUT2D eigenvalue weighted by Gasteiger charge is -2.32. The highest BCUT2D eigenvalue weighted by molar-refractivity contribution is 5.93. The summed E-state index contributed by atoms with van der Waals surface area (Å²) in [7, 11) is 1.38. The van der Waals surface area contributed by atoms with E-state index in [9.17, 15) is 31.1 Å². The minimum atomic E-state index is -4.94. The Labute approximate surface area is 183 Å². The molecule has 0 fully saturated rings. The Hall–Kier alpha value is -3.16. The molecule has 0 aliphatic carbocycles. The maximum Gasteiger partial charge on any atom is 0.573 e. The number of aliphatic hydroxyl groups is 1. The number of amides is 2. The maximum atomic E-state index is 12.9. The quantitative estimate of drug-likeness (QED) is 0.569. The second kappa shape index (κ2) is 9.37. The molecule has 1 N–H and O–H groups in total.